The monoisotopic (exact) mass is 284 g/mol. The molecule has 0 saturated heterocycles. The van der Waals surface area contributed by atoms with Crippen LogP contribution in [0.15, 0.2) is 16.8 Å². The summed E-state index contributed by atoms with van der Waals surface area (Å²) in [5, 5.41) is 18.3. The number of rotatable bonds is 8. The van der Waals surface area contributed by atoms with Gasteiger partial charge in [0.25, 0.3) is 5.91 Å². The predicted molar refractivity (Wildman–Crippen MR) is 75.2 cm³/mol. The van der Waals surface area contributed by atoms with Gasteiger partial charge in [-0.2, -0.15) is 11.3 Å². The van der Waals surface area contributed by atoms with Gasteiger partial charge in [0.15, 0.2) is 0 Å². The van der Waals surface area contributed by atoms with Gasteiger partial charge in [-0.1, -0.05) is 6.92 Å². The average Bonchev–Trinajstić information content (AvgIpc) is 2.92. The molecule has 106 valence electrons. The Morgan fingerprint density at radius 3 is 2.79 bits per heavy atom. The van der Waals surface area contributed by atoms with Crippen LogP contribution in [0, 0.1) is 0 Å². The number of thiophene rings is 1. The Morgan fingerprint density at radius 2 is 2.16 bits per heavy atom. The highest BCUT2D eigenvalue weighted by Crippen LogP contribution is 2.05. The van der Waals surface area contributed by atoms with Crippen molar-refractivity contribution >= 4 is 23.2 Å². The number of amides is 2. The van der Waals surface area contributed by atoms with E-state index in [9.17, 15) is 14.7 Å². The van der Waals surface area contributed by atoms with Crippen molar-refractivity contribution in [2.45, 2.75) is 32.3 Å². The lowest BCUT2D eigenvalue weighted by Crippen LogP contribution is -2.31. The molecule has 19 heavy (non-hydrogen) atoms. The third-order valence-electron chi connectivity index (χ3n) is 2.69. The van der Waals surface area contributed by atoms with Crippen LogP contribution in [0.2, 0.25) is 0 Å². The number of carbonyl (C=O) groups is 2. The van der Waals surface area contributed by atoms with Crippen molar-refractivity contribution in [1.29, 1.82) is 0 Å². The van der Waals surface area contributed by atoms with Crippen molar-refractivity contribution in [1.82, 2.24) is 10.6 Å². The topological polar surface area (TPSA) is 78.4 Å². The van der Waals surface area contributed by atoms with Gasteiger partial charge in [-0.15, -0.1) is 0 Å². The molecule has 0 aliphatic rings. The lowest BCUT2D eigenvalue weighted by atomic mass is 10.2. The average molecular weight is 284 g/mol. The van der Waals surface area contributed by atoms with E-state index in [4.69, 9.17) is 0 Å². The fourth-order valence-electron chi connectivity index (χ4n) is 1.46. The SMILES string of the molecule is CCC(O)CCNC(=O)CCNC(=O)c1ccsc1. The van der Waals surface area contributed by atoms with Crippen LogP contribution in [0.4, 0.5) is 0 Å². The molecule has 1 atom stereocenters. The summed E-state index contributed by atoms with van der Waals surface area (Å²) in [5.41, 5.74) is 0.622. The molecule has 0 aliphatic heterocycles. The first-order valence-electron chi connectivity index (χ1n) is 6.38. The van der Waals surface area contributed by atoms with E-state index in [1.54, 1.807) is 11.4 Å². The van der Waals surface area contributed by atoms with Gasteiger partial charge in [0.2, 0.25) is 5.91 Å². The second kappa shape index (κ2) is 8.66. The lowest BCUT2D eigenvalue weighted by Gasteiger charge is -2.09. The van der Waals surface area contributed by atoms with Crippen LogP contribution in [-0.2, 0) is 4.79 Å². The summed E-state index contributed by atoms with van der Waals surface area (Å²) in [4.78, 5) is 23.0. The fraction of sp³-hybridized carbons (Fsp3) is 0.538. The van der Waals surface area contributed by atoms with Crippen molar-refractivity contribution in [3.05, 3.63) is 22.4 Å². The number of aliphatic hydroxyl groups excluding tert-OH is 1. The van der Waals surface area contributed by atoms with E-state index in [0.717, 1.165) is 0 Å². The third-order valence-corrected chi connectivity index (χ3v) is 3.38. The summed E-state index contributed by atoms with van der Waals surface area (Å²) in [7, 11) is 0. The highest BCUT2D eigenvalue weighted by Gasteiger charge is 2.07. The van der Waals surface area contributed by atoms with Crippen LogP contribution >= 0.6 is 11.3 Å². The Morgan fingerprint density at radius 1 is 1.37 bits per heavy atom. The fourth-order valence-corrected chi connectivity index (χ4v) is 2.09. The molecule has 6 heteroatoms. The maximum atomic E-state index is 11.6. The normalized spacial score (nSPS) is 11.9. The Labute approximate surface area is 117 Å². The number of hydrogen-bond donors (Lipinski definition) is 3. The van der Waals surface area contributed by atoms with Crippen LogP contribution in [0.3, 0.4) is 0 Å². The minimum absolute atomic E-state index is 0.117. The Bertz CT molecular complexity index is 393. The molecule has 0 aliphatic carbocycles. The summed E-state index contributed by atoms with van der Waals surface area (Å²) in [6, 6.07) is 1.74. The van der Waals surface area contributed by atoms with Gasteiger partial charge in [0, 0.05) is 30.5 Å². The molecular weight excluding hydrogens is 264 g/mol. The lowest BCUT2D eigenvalue weighted by molar-refractivity contribution is -0.121. The first-order valence-corrected chi connectivity index (χ1v) is 7.33. The largest absolute Gasteiger partial charge is 0.393 e. The molecule has 0 aromatic carbocycles. The zero-order valence-corrected chi connectivity index (χ0v) is 11.8. The van der Waals surface area contributed by atoms with Crippen LogP contribution in [-0.4, -0.2) is 36.1 Å². The van der Waals surface area contributed by atoms with Crippen LogP contribution in [0.25, 0.3) is 0 Å². The molecule has 0 saturated carbocycles. The number of aliphatic hydroxyl groups is 1. The number of carbonyl (C=O) groups excluding carboxylic acids is 2. The molecule has 1 rings (SSSR count). The second-order valence-electron chi connectivity index (χ2n) is 4.22. The van der Waals surface area contributed by atoms with Gasteiger partial charge in [-0.3, -0.25) is 9.59 Å². The molecule has 0 spiro atoms. The van der Waals surface area contributed by atoms with Crippen molar-refractivity contribution in [3.63, 3.8) is 0 Å². The van der Waals surface area contributed by atoms with E-state index in [1.165, 1.54) is 11.3 Å². The van der Waals surface area contributed by atoms with Crippen molar-refractivity contribution in [3.8, 4) is 0 Å². The maximum absolute atomic E-state index is 11.6. The molecule has 1 unspecified atom stereocenters. The third kappa shape index (κ3) is 6.35. The Kier molecular flexibility index (Phi) is 7.14. The van der Waals surface area contributed by atoms with Crippen LogP contribution in [0.5, 0.6) is 0 Å². The summed E-state index contributed by atoms with van der Waals surface area (Å²) < 4.78 is 0. The zero-order valence-electron chi connectivity index (χ0n) is 11.0. The summed E-state index contributed by atoms with van der Waals surface area (Å²) in [5.74, 6) is -0.274. The highest BCUT2D eigenvalue weighted by molar-refractivity contribution is 7.08. The Hall–Kier alpha value is -1.40. The molecule has 1 aromatic rings. The Balaban J connectivity index is 2.09. The minimum Gasteiger partial charge on any atom is -0.393 e. The van der Waals surface area contributed by atoms with E-state index >= 15 is 0 Å². The molecule has 0 fully saturated rings. The molecule has 0 bridgehead atoms. The van der Waals surface area contributed by atoms with E-state index in [2.05, 4.69) is 10.6 Å². The number of hydrogen-bond acceptors (Lipinski definition) is 4. The molecule has 1 heterocycles. The highest BCUT2D eigenvalue weighted by atomic mass is 32.1. The predicted octanol–water partition coefficient (Wildman–Crippen LogP) is 1.15. The van der Waals surface area contributed by atoms with Gasteiger partial charge >= 0.3 is 0 Å². The summed E-state index contributed by atoms with van der Waals surface area (Å²) in [6.45, 7) is 2.68. The van der Waals surface area contributed by atoms with Gasteiger partial charge in [-0.05, 0) is 24.3 Å². The molecule has 3 N–H and O–H groups in total. The first-order chi connectivity index (χ1) is 9.13. The molecule has 1 aromatic heterocycles. The standard InChI is InChI=1S/C13H20N2O3S/c1-2-11(16)3-6-14-12(17)4-7-15-13(18)10-5-8-19-9-10/h5,8-9,11,16H,2-4,6-7H2,1H3,(H,14,17)(H,15,18). The van der Waals surface area contributed by atoms with Crippen molar-refractivity contribution in [2.24, 2.45) is 0 Å². The second-order valence-corrected chi connectivity index (χ2v) is 5.00. The minimum atomic E-state index is -0.362. The van der Waals surface area contributed by atoms with Crippen LogP contribution < -0.4 is 10.6 Å². The maximum Gasteiger partial charge on any atom is 0.252 e. The molecule has 5 nitrogen and oxygen atoms in total. The number of nitrogens with one attached hydrogen (secondary N) is 2. The van der Waals surface area contributed by atoms with Crippen molar-refractivity contribution < 1.29 is 14.7 Å². The quantitative estimate of drug-likeness (QED) is 0.670. The van der Waals surface area contributed by atoms with Crippen LogP contribution in [0.1, 0.15) is 36.5 Å². The van der Waals surface area contributed by atoms with E-state index < -0.39 is 0 Å². The molecule has 0 radical (unpaired) electrons. The summed E-state index contributed by atoms with van der Waals surface area (Å²) >= 11 is 1.46. The first kappa shape index (κ1) is 15.7. The smallest absolute Gasteiger partial charge is 0.252 e. The zero-order chi connectivity index (χ0) is 14.1. The van der Waals surface area contributed by atoms with Gasteiger partial charge in [0.1, 0.15) is 0 Å². The van der Waals surface area contributed by atoms with E-state index in [1.807, 2.05) is 12.3 Å². The molecule has 2 amide bonds. The van der Waals surface area contributed by atoms with Crippen molar-refractivity contribution in [2.75, 3.05) is 13.1 Å². The molecular formula is C13H20N2O3S. The van der Waals surface area contributed by atoms with Gasteiger partial charge in [0.05, 0.1) is 6.10 Å². The van der Waals surface area contributed by atoms with Gasteiger partial charge in [-0.25, -0.2) is 0 Å². The summed E-state index contributed by atoms with van der Waals surface area (Å²) in [6.07, 6.45) is 1.13. The van der Waals surface area contributed by atoms with Gasteiger partial charge < -0.3 is 15.7 Å². The van der Waals surface area contributed by atoms with E-state index in [0.29, 0.717) is 31.5 Å². The van der Waals surface area contributed by atoms with E-state index in [-0.39, 0.29) is 24.3 Å².